The number of amides is 1. The van der Waals surface area contributed by atoms with E-state index in [-0.39, 0.29) is 36.9 Å². The first-order valence-corrected chi connectivity index (χ1v) is 10.4. The Morgan fingerprint density at radius 1 is 1.36 bits per heavy atom. The van der Waals surface area contributed by atoms with Gasteiger partial charge in [0.15, 0.2) is 0 Å². The molecule has 0 aliphatic heterocycles. The van der Waals surface area contributed by atoms with Crippen LogP contribution in [0.15, 0.2) is 47.8 Å². The molecule has 0 bridgehead atoms. The lowest BCUT2D eigenvalue weighted by Crippen LogP contribution is -2.40. The number of allylic oxidation sites excluding steroid dienone is 2. The highest BCUT2D eigenvalue weighted by Gasteiger charge is 2.36. The van der Waals surface area contributed by atoms with Crippen molar-refractivity contribution in [1.82, 2.24) is 16.1 Å². The highest BCUT2D eigenvalue weighted by Crippen LogP contribution is 2.24. The van der Waals surface area contributed by atoms with Crippen LogP contribution in [0.4, 0.5) is 5.69 Å². The summed E-state index contributed by atoms with van der Waals surface area (Å²) in [4.78, 5) is 41.6. The van der Waals surface area contributed by atoms with Crippen molar-refractivity contribution < 1.29 is 29.1 Å². The molecular weight excluding hydrogens is 430 g/mol. The van der Waals surface area contributed by atoms with Gasteiger partial charge in [-0.25, -0.2) is 0 Å². The van der Waals surface area contributed by atoms with Gasteiger partial charge in [0.05, 0.1) is 13.7 Å². The van der Waals surface area contributed by atoms with Crippen LogP contribution >= 0.6 is 0 Å². The van der Waals surface area contributed by atoms with Crippen LogP contribution in [0.1, 0.15) is 24.0 Å². The Bertz CT molecular complexity index is 1000. The molecule has 0 saturated carbocycles. The Morgan fingerprint density at radius 3 is 2.94 bits per heavy atom. The van der Waals surface area contributed by atoms with E-state index in [1.165, 1.54) is 37.6 Å². The highest BCUT2D eigenvalue weighted by molar-refractivity contribution is 6.08. The van der Waals surface area contributed by atoms with E-state index < -0.39 is 11.8 Å². The van der Waals surface area contributed by atoms with Crippen molar-refractivity contribution in [3.63, 3.8) is 0 Å². The van der Waals surface area contributed by atoms with E-state index >= 15 is 0 Å². The minimum absolute atomic E-state index is 0.0167. The predicted molar refractivity (Wildman–Crippen MR) is 119 cm³/mol. The zero-order chi connectivity index (χ0) is 23.8. The number of ketones is 1. The summed E-state index contributed by atoms with van der Waals surface area (Å²) in [5.41, 5.74) is 8.28. The van der Waals surface area contributed by atoms with Gasteiger partial charge in [-0.3, -0.25) is 25.1 Å². The van der Waals surface area contributed by atoms with Crippen molar-refractivity contribution in [2.75, 3.05) is 32.8 Å². The summed E-state index contributed by atoms with van der Waals surface area (Å²) >= 11 is 0. The molecule has 4 N–H and O–H groups in total. The number of Topliss-reactive ketones (excluding diaryl/α,β-unsaturated/α-hetero) is 1. The SMILES string of the molecule is COC[N+](=O)C1C=C(N(O)OC)C(=O)C(=CNNC(=O)CNc2ccc3c(c2)CCC=C3)C1. The Kier molecular flexibility index (Phi) is 8.30. The Hall–Kier alpha value is -3.54. The third-order valence-electron chi connectivity index (χ3n) is 5.24. The normalized spacial score (nSPS) is 18.4. The summed E-state index contributed by atoms with van der Waals surface area (Å²) in [5.74, 6) is -0.907. The predicted octanol–water partition coefficient (Wildman–Crippen LogP) is 1.42. The minimum atomic E-state index is -0.772. The van der Waals surface area contributed by atoms with Gasteiger partial charge in [0.2, 0.25) is 11.8 Å². The molecule has 2 aliphatic carbocycles. The maximum Gasteiger partial charge on any atom is 0.295 e. The summed E-state index contributed by atoms with van der Waals surface area (Å²) in [6.07, 6.45) is 8.84. The standard InChI is InChI=1S/C22H27N5O6/c1-32-14-26(30)19-10-17(22(29)20(11-19)27(31)33-2)12-24-25-21(28)13-23-18-8-7-15-5-3-4-6-16(15)9-18/h3,5,7-9,11-12,19,23,31H,4,6,10,13-14H2,1-2H3,(H-,24,25,28,29)/p+1. The smallest absolute Gasteiger partial charge is 0.295 e. The second kappa shape index (κ2) is 11.4. The third-order valence-corrected chi connectivity index (χ3v) is 5.24. The summed E-state index contributed by atoms with van der Waals surface area (Å²) in [6, 6.07) is 5.18. The summed E-state index contributed by atoms with van der Waals surface area (Å²) in [6.45, 7) is -0.202. The van der Waals surface area contributed by atoms with Gasteiger partial charge in [-0.2, -0.15) is 0 Å². The number of nitroso groups, excluding NO2 is 1. The third kappa shape index (κ3) is 6.25. The van der Waals surface area contributed by atoms with Crippen LogP contribution < -0.4 is 16.2 Å². The fourth-order valence-electron chi connectivity index (χ4n) is 3.55. The second-order valence-electron chi connectivity index (χ2n) is 7.51. The Labute approximate surface area is 191 Å². The minimum Gasteiger partial charge on any atom is -0.376 e. The lowest BCUT2D eigenvalue weighted by molar-refractivity contribution is -0.608. The first-order chi connectivity index (χ1) is 15.9. The summed E-state index contributed by atoms with van der Waals surface area (Å²) in [5, 5.41) is 13.2. The highest BCUT2D eigenvalue weighted by atomic mass is 16.9. The van der Waals surface area contributed by atoms with Crippen molar-refractivity contribution in [3.8, 4) is 0 Å². The van der Waals surface area contributed by atoms with Gasteiger partial charge < -0.3 is 15.5 Å². The topological polar surface area (TPSA) is 132 Å². The molecule has 2 aliphatic rings. The molecule has 176 valence electrons. The average Bonchev–Trinajstić information content (AvgIpc) is 2.83. The molecule has 33 heavy (non-hydrogen) atoms. The molecule has 11 nitrogen and oxygen atoms in total. The van der Waals surface area contributed by atoms with E-state index in [1.807, 2.05) is 18.2 Å². The zero-order valence-electron chi connectivity index (χ0n) is 18.5. The Morgan fingerprint density at radius 2 is 2.18 bits per heavy atom. The first kappa shape index (κ1) is 24.1. The number of hydrazine groups is 1. The van der Waals surface area contributed by atoms with Crippen LogP contribution in [0.3, 0.4) is 0 Å². The number of anilines is 1. The first-order valence-electron chi connectivity index (χ1n) is 10.4. The maximum atomic E-state index is 12.6. The number of carbonyl (C=O) groups excluding carboxylic acids is 2. The van der Waals surface area contributed by atoms with Gasteiger partial charge in [-0.1, -0.05) is 18.2 Å². The number of hydrogen-bond acceptors (Lipinski definition) is 9. The molecule has 0 aromatic heterocycles. The average molecular weight is 458 g/mol. The zero-order valence-corrected chi connectivity index (χ0v) is 18.5. The lowest BCUT2D eigenvalue weighted by atomic mass is 9.94. The quantitative estimate of drug-likeness (QED) is 0.178. The van der Waals surface area contributed by atoms with Crippen LogP contribution in [0.25, 0.3) is 6.08 Å². The number of rotatable bonds is 10. The molecule has 0 saturated heterocycles. The maximum absolute atomic E-state index is 12.6. The molecule has 1 aromatic carbocycles. The van der Waals surface area contributed by atoms with Crippen molar-refractivity contribution in [2.45, 2.75) is 25.3 Å². The number of carbonyl (C=O) groups is 2. The molecular formula is C22H28N5O6+. The van der Waals surface area contributed by atoms with E-state index in [4.69, 9.17) is 4.74 Å². The molecule has 3 rings (SSSR count). The number of nitrogens with zero attached hydrogens (tertiary/aromatic N) is 2. The fourth-order valence-corrected chi connectivity index (χ4v) is 3.55. The molecule has 0 spiro atoms. The summed E-state index contributed by atoms with van der Waals surface area (Å²) < 4.78 is 5.46. The Balaban J connectivity index is 1.57. The van der Waals surface area contributed by atoms with Crippen molar-refractivity contribution in [3.05, 3.63) is 63.9 Å². The van der Waals surface area contributed by atoms with Gasteiger partial charge in [0, 0.05) is 46.7 Å². The van der Waals surface area contributed by atoms with Crippen LogP contribution in [-0.2, 0) is 25.6 Å². The van der Waals surface area contributed by atoms with E-state index in [2.05, 4.69) is 33.2 Å². The number of hydrogen-bond donors (Lipinski definition) is 4. The van der Waals surface area contributed by atoms with Crippen molar-refractivity contribution in [1.29, 1.82) is 0 Å². The molecule has 1 amide bonds. The molecule has 1 unspecified atom stereocenters. The number of methoxy groups -OCH3 is 1. The van der Waals surface area contributed by atoms with E-state index in [0.29, 0.717) is 9.99 Å². The lowest BCUT2D eigenvalue weighted by Gasteiger charge is -2.22. The van der Waals surface area contributed by atoms with Gasteiger partial charge in [0.1, 0.15) is 5.70 Å². The van der Waals surface area contributed by atoms with Crippen LogP contribution in [0.2, 0.25) is 0 Å². The number of ether oxygens (including phenoxy) is 1. The number of hydroxylamine groups is 2. The molecule has 1 aromatic rings. The van der Waals surface area contributed by atoms with Gasteiger partial charge in [-0.15, -0.1) is 5.23 Å². The van der Waals surface area contributed by atoms with E-state index in [0.717, 1.165) is 18.5 Å². The van der Waals surface area contributed by atoms with Crippen molar-refractivity contribution in [2.24, 2.45) is 0 Å². The van der Waals surface area contributed by atoms with Gasteiger partial charge in [0.25, 0.3) is 12.6 Å². The van der Waals surface area contributed by atoms with Crippen LogP contribution in [0.5, 0.6) is 0 Å². The molecule has 0 fully saturated rings. The largest absolute Gasteiger partial charge is 0.376 e. The molecule has 11 heteroatoms. The number of fused-ring (bicyclic) bond motifs is 1. The van der Waals surface area contributed by atoms with Crippen LogP contribution in [-0.4, -0.2) is 60.4 Å². The van der Waals surface area contributed by atoms with Crippen molar-refractivity contribution >= 4 is 23.5 Å². The second-order valence-corrected chi connectivity index (χ2v) is 7.51. The van der Waals surface area contributed by atoms with E-state index in [1.54, 1.807) is 0 Å². The molecule has 1 atom stereocenters. The molecule has 0 heterocycles. The van der Waals surface area contributed by atoms with Crippen LogP contribution in [0, 0.1) is 4.91 Å². The fraction of sp³-hybridized carbons (Fsp3) is 0.364. The van der Waals surface area contributed by atoms with Gasteiger partial charge >= 0.3 is 0 Å². The summed E-state index contributed by atoms with van der Waals surface area (Å²) in [7, 11) is 2.55. The van der Waals surface area contributed by atoms with Gasteiger partial charge in [-0.05, 0) is 36.1 Å². The molecule has 0 radical (unpaired) electrons. The van der Waals surface area contributed by atoms with E-state index in [9.17, 15) is 19.7 Å². The monoisotopic (exact) mass is 458 g/mol. The number of aryl methyl sites for hydroxylation is 1. The number of nitrogens with one attached hydrogen (secondary N) is 3. The number of benzene rings is 1.